The number of fused-ring (bicyclic) bond motifs is 1. The van der Waals surface area contributed by atoms with Gasteiger partial charge in [0.25, 0.3) is 0 Å². The molecule has 2 aromatic heterocycles. The maximum atomic E-state index is 11.3. The topological polar surface area (TPSA) is 47.8 Å². The molecule has 0 N–H and O–H groups in total. The van der Waals surface area contributed by atoms with Crippen LogP contribution in [0.3, 0.4) is 0 Å². The molecule has 0 fully saturated rings. The Hall–Kier alpha value is -0.940. The SMILES string of the molecule is CC(CS(C)=O)n1c(CCl)nc2cnccc21. The van der Waals surface area contributed by atoms with Gasteiger partial charge >= 0.3 is 0 Å². The van der Waals surface area contributed by atoms with Gasteiger partial charge in [-0.2, -0.15) is 0 Å². The van der Waals surface area contributed by atoms with Crippen molar-refractivity contribution in [1.82, 2.24) is 14.5 Å². The Balaban J connectivity index is 2.53. The summed E-state index contributed by atoms with van der Waals surface area (Å²) in [6.45, 7) is 2.03. The van der Waals surface area contributed by atoms with Crippen LogP contribution in [-0.4, -0.2) is 30.8 Å². The van der Waals surface area contributed by atoms with Crippen molar-refractivity contribution in [3.63, 3.8) is 0 Å². The molecule has 2 heterocycles. The summed E-state index contributed by atoms with van der Waals surface area (Å²) in [7, 11) is -0.841. The van der Waals surface area contributed by atoms with Crippen LogP contribution in [-0.2, 0) is 16.7 Å². The Morgan fingerprint density at radius 1 is 1.59 bits per heavy atom. The summed E-state index contributed by atoms with van der Waals surface area (Å²) in [5, 5.41) is 0. The summed E-state index contributed by atoms with van der Waals surface area (Å²) >= 11 is 5.90. The van der Waals surface area contributed by atoms with Crippen molar-refractivity contribution in [1.29, 1.82) is 0 Å². The van der Waals surface area contributed by atoms with Gasteiger partial charge in [0, 0.05) is 35.0 Å². The van der Waals surface area contributed by atoms with Crippen molar-refractivity contribution in [2.45, 2.75) is 18.8 Å². The summed E-state index contributed by atoms with van der Waals surface area (Å²) in [6.07, 6.45) is 5.16. The Bertz CT molecular complexity index is 555. The number of alkyl halides is 1. The molecule has 0 saturated heterocycles. The molecule has 4 nitrogen and oxygen atoms in total. The first-order chi connectivity index (χ1) is 8.13. The molecule has 2 unspecified atom stereocenters. The molecule has 0 spiro atoms. The highest BCUT2D eigenvalue weighted by molar-refractivity contribution is 7.84. The molecular weight excluding hydrogens is 258 g/mol. The molecule has 2 aromatic rings. The molecule has 0 amide bonds. The zero-order valence-corrected chi connectivity index (χ0v) is 11.3. The van der Waals surface area contributed by atoms with E-state index in [4.69, 9.17) is 11.6 Å². The molecule has 6 heteroatoms. The molecule has 0 aliphatic carbocycles. The first-order valence-electron chi connectivity index (χ1n) is 5.30. The number of hydrogen-bond donors (Lipinski definition) is 0. The number of aromatic nitrogens is 3. The fraction of sp³-hybridized carbons (Fsp3) is 0.455. The van der Waals surface area contributed by atoms with Crippen molar-refractivity contribution in [2.75, 3.05) is 12.0 Å². The summed E-state index contributed by atoms with van der Waals surface area (Å²) in [6, 6.07) is 2.02. The van der Waals surface area contributed by atoms with Gasteiger partial charge in [0.2, 0.25) is 0 Å². The lowest BCUT2D eigenvalue weighted by Crippen LogP contribution is -2.15. The van der Waals surface area contributed by atoms with E-state index in [1.807, 2.05) is 17.6 Å². The highest BCUT2D eigenvalue weighted by Gasteiger charge is 2.16. The molecule has 0 aliphatic rings. The first-order valence-corrected chi connectivity index (χ1v) is 7.56. The largest absolute Gasteiger partial charge is 0.323 e. The van der Waals surface area contributed by atoms with E-state index in [0.717, 1.165) is 16.9 Å². The molecule has 2 rings (SSSR count). The number of halogens is 1. The standard InChI is InChI=1S/C11H14ClN3OS/c1-8(7-17(2)16)15-10-3-4-13-6-9(10)14-11(15)5-12/h3-4,6,8H,5,7H2,1-2H3. The van der Waals surface area contributed by atoms with E-state index in [-0.39, 0.29) is 6.04 Å². The summed E-state index contributed by atoms with van der Waals surface area (Å²) in [5.74, 6) is 1.74. The van der Waals surface area contributed by atoms with E-state index < -0.39 is 10.8 Å². The maximum absolute atomic E-state index is 11.3. The van der Waals surface area contributed by atoms with Crippen LogP contribution >= 0.6 is 11.6 Å². The van der Waals surface area contributed by atoms with Gasteiger partial charge in [0.1, 0.15) is 11.3 Å². The highest BCUT2D eigenvalue weighted by Crippen LogP contribution is 2.21. The molecule has 17 heavy (non-hydrogen) atoms. The van der Waals surface area contributed by atoms with Crippen LogP contribution < -0.4 is 0 Å². The van der Waals surface area contributed by atoms with E-state index in [1.165, 1.54) is 0 Å². The Labute approximate surface area is 107 Å². The molecule has 0 saturated carbocycles. The minimum absolute atomic E-state index is 0.113. The lowest BCUT2D eigenvalue weighted by atomic mass is 10.3. The van der Waals surface area contributed by atoms with E-state index in [9.17, 15) is 4.21 Å². The second-order valence-corrected chi connectivity index (χ2v) is 5.73. The van der Waals surface area contributed by atoms with Gasteiger partial charge in [-0.15, -0.1) is 11.6 Å². The van der Waals surface area contributed by atoms with Gasteiger partial charge in [-0.1, -0.05) is 0 Å². The summed E-state index contributed by atoms with van der Waals surface area (Å²) < 4.78 is 13.4. The second-order valence-electron chi connectivity index (χ2n) is 3.98. The van der Waals surface area contributed by atoms with Crippen LogP contribution in [0, 0.1) is 0 Å². The van der Waals surface area contributed by atoms with Crippen molar-refractivity contribution >= 4 is 33.4 Å². The number of pyridine rings is 1. The monoisotopic (exact) mass is 271 g/mol. The van der Waals surface area contributed by atoms with Crippen LogP contribution in [0.5, 0.6) is 0 Å². The van der Waals surface area contributed by atoms with Crippen LogP contribution in [0.4, 0.5) is 0 Å². The number of hydrogen-bond acceptors (Lipinski definition) is 3. The number of rotatable bonds is 4. The minimum atomic E-state index is -0.841. The van der Waals surface area contributed by atoms with Crippen LogP contribution in [0.15, 0.2) is 18.5 Å². The third kappa shape index (κ3) is 2.50. The normalized spacial score (nSPS) is 15.0. The minimum Gasteiger partial charge on any atom is -0.323 e. The van der Waals surface area contributed by atoms with Crippen molar-refractivity contribution in [3.05, 3.63) is 24.3 Å². The Morgan fingerprint density at radius 2 is 2.35 bits per heavy atom. The average molecular weight is 272 g/mol. The second kappa shape index (κ2) is 5.14. The number of nitrogens with zero attached hydrogens (tertiary/aromatic N) is 3. The highest BCUT2D eigenvalue weighted by atomic mass is 35.5. The Kier molecular flexibility index (Phi) is 3.79. The molecule has 92 valence electrons. The van der Waals surface area contributed by atoms with Gasteiger partial charge in [-0.25, -0.2) is 4.98 Å². The molecular formula is C11H14ClN3OS. The van der Waals surface area contributed by atoms with E-state index in [1.54, 1.807) is 18.6 Å². The summed E-state index contributed by atoms with van der Waals surface area (Å²) in [4.78, 5) is 8.47. The first kappa shape index (κ1) is 12.5. The third-order valence-electron chi connectivity index (χ3n) is 2.60. The van der Waals surface area contributed by atoms with Gasteiger partial charge in [0.05, 0.1) is 17.6 Å². The van der Waals surface area contributed by atoms with Crippen molar-refractivity contribution in [3.8, 4) is 0 Å². The molecule has 0 bridgehead atoms. The predicted molar refractivity (Wildman–Crippen MR) is 70.7 cm³/mol. The quantitative estimate of drug-likeness (QED) is 0.800. The number of imidazole rings is 1. The van der Waals surface area contributed by atoms with Gasteiger partial charge < -0.3 is 4.57 Å². The van der Waals surface area contributed by atoms with Crippen molar-refractivity contribution in [2.24, 2.45) is 0 Å². The average Bonchev–Trinajstić information content (AvgIpc) is 2.66. The van der Waals surface area contributed by atoms with Crippen LogP contribution in [0.1, 0.15) is 18.8 Å². The molecule has 0 aromatic carbocycles. The van der Waals surface area contributed by atoms with E-state index in [0.29, 0.717) is 11.6 Å². The lowest BCUT2D eigenvalue weighted by Gasteiger charge is -2.15. The molecule has 0 aliphatic heterocycles. The predicted octanol–water partition coefficient (Wildman–Crippen LogP) is 2.11. The maximum Gasteiger partial charge on any atom is 0.125 e. The van der Waals surface area contributed by atoms with E-state index in [2.05, 4.69) is 9.97 Å². The fourth-order valence-corrected chi connectivity index (χ4v) is 3.02. The fourth-order valence-electron chi connectivity index (χ4n) is 2.00. The third-order valence-corrected chi connectivity index (χ3v) is 3.79. The van der Waals surface area contributed by atoms with Crippen molar-refractivity contribution < 1.29 is 4.21 Å². The van der Waals surface area contributed by atoms with Gasteiger partial charge in [-0.3, -0.25) is 9.19 Å². The lowest BCUT2D eigenvalue weighted by molar-refractivity contribution is 0.594. The zero-order valence-electron chi connectivity index (χ0n) is 9.76. The molecule has 2 atom stereocenters. The summed E-state index contributed by atoms with van der Waals surface area (Å²) in [5.41, 5.74) is 1.82. The van der Waals surface area contributed by atoms with Gasteiger partial charge in [-0.05, 0) is 13.0 Å². The van der Waals surface area contributed by atoms with Crippen LogP contribution in [0.25, 0.3) is 11.0 Å². The molecule has 0 radical (unpaired) electrons. The smallest absolute Gasteiger partial charge is 0.125 e. The van der Waals surface area contributed by atoms with Gasteiger partial charge in [0.15, 0.2) is 0 Å². The van der Waals surface area contributed by atoms with Crippen LogP contribution in [0.2, 0.25) is 0 Å². The van der Waals surface area contributed by atoms with E-state index >= 15 is 0 Å². The zero-order chi connectivity index (χ0) is 12.4. The Morgan fingerprint density at radius 3 is 3.00 bits per heavy atom.